The minimum Gasteiger partial charge on any atom is -0.314 e. The molecule has 0 saturated carbocycles. The Kier molecular flexibility index (Phi) is 7.96. The third-order valence-corrected chi connectivity index (χ3v) is 4.48. The lowest BCUT2D eigenvalue weighted by molar-refractivity contribution is -0.140. The van der Waals surface area contributed by atoms with E-state index in [0.717, 1.165) is 32.0 Å². The Morgan fingerprint density at radius 2 is 1.83 bits per heavy atom. The molecule has 1 aliphatic rings. The molecule has 0 radical (unpaired) electrons. The number of alkyl halides is 3. The normalized spacial score (nSPS) is 18.8. The molecule has 0 bridgehead atoms. The summed E-state index contributed by atoms with van der Waals surface area (Å²) in [6.45, 7) is 7.01. The van der Waals surface area contributed by atoms with Crippen LogP contribution in [0.15, 0.2) is 18.2 Å². The third kappa shape index (κ3) is 4.83. The molecule has 1 aromatic rings. The van der Waals surface area contributed by atoms with Crippen LogP contribution in [0.5, 0.6) is 0 Å². The van der Waals surface area contributed by atoms with Crippen LogP contribution in [0.2, 0.25) is 0 Å². The second-order valence-electron chi connectivity index (χ2n) is 6.20. The Labute approximate surface area is 147 Å². The average Bonchev–Trinajstić information content (AvgIpc) is 2.49. The van der Waals surface area contributed by atoms with Crippen LogP contribution in [0, 0.1) is 11.7 Å². The third-order valence-electron chi connectivity index (χ3n) is 4.48. The van der Waals surface area contributed by atoms with Gasteiger partial charge in [0.05, 0.1) is 5.56 Å². The first-order chi connectivity index (χ1) is 10.9. The zero-order valence-electron chi connectivity index (χ0n) is 14.0. The fraction of sp³-hybridized carbons (Fsp3) is 0.647. The van der Waals surface area contributed by atoms with Crippen molar-refractivity contribution in [1.29, 1.82) is 0 Å². The van der Waals surface area contributed by atoms with Crippen LogP contribution in [0.25, 0.3) is 0 Å². The first-order valence-corrected chi connectivity index (χ1v) is 8.16. The van der Waals surface area contributed by atoms with E-state index in [1.165, 1.54) is 12.1 Å². The molecule has 1 N–H and O–H groups in total. The van der Waals surface area contributed by atoms with E-state index in [1.807, 2.05) is 13.8 Å². The van der Waals surface area contributed by atoms with Gasteiger partial charge in [-0.05, 0) is 18.4 Å². The van der Waals surface area contributed by atoms with Gasteiger partial charge in [0.1, 0.15) is 5.82 Å². The molecule has 0 spiro atoms. The monoisotopic (exact) mass is 368 g/mol. The van der Waals surface area contributed by atoms with Crippen molar-refractivity contribution in [2.24, 2.45) is 5.92 Å². The van der Waals surface area contributed by atoms with Crippen molar-refractivity contribution in [2.45, 2.75) is 38.9 Å². The Morgan fingerprint density at radius 1 is 1.21 bits per heavy atom. The van der Waals surface area contributed by atoms with Crippen LogP contribution >= 0.6 is 12.4 Å². The summed E-state index contributed by atoms with van der Waals surface area (Å²) in [5.41, 5.74) is -0.999. The first-order valence-electron chi connectivity index (χ1n) is 8.16. The topological polar surface area (TPSA) is 15.3 Å². The highest BCUT2D eigenvalue weighted by Gasteiger charge is 2.37. The molecule has 2 rings (SSSR count). The number of piperazine rings is 1. The van der Waals surface area contributed by atoms with Crippen molar-refractivity contribution in [2.75, 3.05) is 26.2 Å². The van der Waals surface area contributed by atoms with Gasteiger partial charge in [-0.2, -0.15) is 13.2 Å². The van der Waals surface area contributed by atoms with E-state index >= 15 is 0 Å². The second-order valence-corrected chi connectivity index (χ2v) is 6.20. The smallest absolute Gasteiger partial charge is 0.314 e. The maximum Gasteiger partial charge on any atom is 0.419 e. The van der Waals surface area contributed by atoms with Crippen LogP contribution in [-0.2, 0) is 6.18 Å². The molecule has 1 aliphatic heterocycles. The van der Waals surface area contributed by atoms with Crippen LogP contribution in [0.3, 0.4) is 0 Å². The minimum atomic E-state index is -4.66. The Balaban J connectivity index is 0.00000288. The maximum atomic E-state index is 14.6. The molecule has 1 fully saturated rings. The fourth-order valence-electron chi connectivity index (χ4n) is 3.43. The molecule has 1 heterocycles. The number of nitrogens with zero attached hydrogens (tertiary/aromatic N) is 1. The zero-order chi connectivity index (χ0) is 17.0. The average molecular weight is 369 g/mol. The van der Waals surface area contributed by atoms with Crippen molar-refractivity contribution < 1.29 is 17.6 Å². The summed E-state index contributed by atoms with van der Waals surface area (Å²) in [6, 6.07) is 3.32. The number of nitrogens with one attached hydrogen (secondary N) is 1. The molecular weight excluding hydrogens is 344 g/mol. The molecular formula is C17H25ClF4N2. The summed E-state index contributed by atoms with van der Waals surface area (Å²) < 4.78 is 53.7. The molecule has 0 aromatic heterocycles. The van der Waals surface area contributed by atoms with Gasteiger partial charge in [0.15, 0.2) is 0 Å². The number of hydrogen-bond acceptors (Lipinski definition) is 2. The Hall–Kier alpha value is -0.850. The summed E-state index contributed by atoms with van der Waals surface area (Å²) in [7, 11) is 0. The van der Waals surface area contributed by atoms with Crippen molar-refractivity contribution in [3.63, 3.8) is 0 Å². The van der Waals surface area contributed by atoms with Gasteiger partial charge in [-0.25, -0.2) is 4.39 Å². The summed E-state index contributed by atoms with van der Waals surface area (Å²) >= 11 is 0. The minimum absolute atomic E-state index is 0. The molecule has 7 heteroatoms. The molecule has 1 saturated heterocycles. The van der Waals surface area contributed by atoms with E-state index in [2.05, 4.69) is 10.2 Å². The summed E-state index contributed by atoms with van der Waals surface area (Å²) in [5.74, 6) is -1.03. The van der Waals surface area contributed by atoms with E-state index < -0.39 is 17.6 Å². The highest BCUT2D eigenvalue weighted by Crippen LogP contribution is 2.38. The highest BCUT2D eigenvalue weighted by atomic mass is 35.5. The zero-order valence-corrected chi connectivity index (χ0v) is 14.8. The van der Waals surface area contributed by atoms with Crippen LogP contribution in [-0.4, -0.2) is 31.1 Å². The van der Waals surface area contributed by atoms with Gasteiger partial charge in [0, 0.05) is 37.8 Å². The number of benzene rings is 1. The van der Waals surface area contributed by atoms with E-state index in [0.29, 0.717) is 13.1 Å². The van der Waals surface area contributed by atoms with Crippen molar-refractivity contribution in [1.82, 2.24) is 10.2 Å². The van der Waals surface area contributed by atoms with Crippen molar-refractivity contribution >= 4 is 12.4 Å². The van der Waals surface area contributed by atoms with E-state index in [1.54, 1.807) is 0 Å². The molecule has 2 nitrogen and oxygen atoms in total. The standard InChI is InChI=1S/C17H24F4N2.ClH/c1-3-5-12(2)16(23-10-8-22-9-11-23)13-6-4-7-14(15(13)18)17(19,20)21;/h4,6-7,12,16,22H,3,5,8-11H2,1-2H3;1H/t12?,16-;/m1./s1. The fourth-order valence-corrected chi connectivity index (χ4v) is 3.43. The Morgan fingerprint density at radius 3 is 2.38 bits per heavy atom. The molecule has 0 amide bonds. The van der Waals surface area contributed by atoms with Crippen molar-refractivity contribution in [3.8, 4) is 0 Å². The van der Waals surface area contributed by atoms with Gasteiger partial charge in [0.25, 0.3) is 0 Å². The Bertz CT molecular complexity index is 516. The van der Waals surface area contributed by atoms with E-state index in [4.69, 9.17) is 0 Å². The molecule has 1 aromatic carbocycles. The number of rotatable bonds is 5. The van der Waals surface area contributed by atoms with Gasteiger partial charge >= 0.3 is 6.18 Å². The number of hydrogen-bond donors (Lipinski definition) is 1. The van der Waals surface area contributed by atoms with Crippen LogP contribution in [0.1, 0.15) is 43.9 Å². The maximum absolute atomic E-state index is 14.6. The number of halogens is 5. The highest BCUT2D eigenvalue weighted by molar-refractivity contribution is 5.85. The molecule has 2 atom stereocenters. The molecule has 1 unspecified atom stereocenters. The molecule has 24 heavy (non-hydrogen) atoms. The quantitative estimate of drug-likeness (QED) is 0.761. The van der Waals surface area contributed by atoms with Gasteiger partial charge in [-0.15, -0.1) is 12.4 Å². The molecule has 0 aliphatic carbocycles. The van der Waals surface area contributed by atoms with Crippen molar-refractivity contribution in [3.05, 3.63) is 35.1 Å². The van der Waals surface area contributed by atoms with Gasteiger partial charge in [-0.3, -0.25) is 4.90 Å². The largest absolute Gasteiger partial charge is 0.419 e. The van der Waals surface area contributed by atoms with Crippen LogP contribution in [0.4, 0.5) is 17.6 Å². The first kappa shape index (κ1) is 21.2. The lowest BCUT2D eigenvalue weighted by Gasteiger charge is -2.39. The summed E-state index contributed by atoms with van der Waals surface area (Å²) in [4.78, 5) is 2.11. The lowest BCUT2D eigenvalue weighted by atomic mass is 9.88. The summed E-state index contributed by atoms with van der Waals surface area (Å²) in [6.07, 6.45) is -2.89. The molecule has 138 valence electrons. The van der Waals surface area contributed by atoms with Gasteiger partial charge in [0.2, 0.25) is 0 Å². The van der Waals surface area contributed by atoms with E-state index in [-0.39, 0.29) is 29.9 Å². The second kappa shape index (κ2) is 9.02. The van der Waals surface area contributed by atoms with Gasteiger partial charge < -0.3 is 5.32 Å². The SMILES string of the molecule is CCCC(C)[C@H](c1cccc(C(F)(F)F)c1F)N1CCNCC1.Cl. The lowest BCUT2D eigenvalue weighted by Crippen LogP contribution is -2.47. The van der Waals surface area contributed by atoms with E-state index in [9.17, 15) is 17.6 Å². The predicted molar refractivity (Wildman–Crippen MR) is 89.9 cm³/mol. The predicted octanol–water partition coefficient (Wildman–Crippen LogP) is 4.65. The van der Waals surface area contributed by atoms with Crippen LogP contribution < -0.4 is 5.32 Å². The van der Waals surface area contributed by atoms with Gasteiger partial charge in [-0.1, -0.05) is 32.4 Å². The summed E-state index contributed by atoms with van der Waals surface area (Å²) in [5, 5.41) is 3.23.